The van der Waals surface area contributed by atoms with Crippen LogP contribution in [0.3, 0.4) is 0 Å². The maximum Gasteiger partial charge on any atom is 0.389 e. The van der Waals surface area contributed by atoms with E-state index in [1.165, 1.54) is 6.08 Å². The van der Waals surface area contributed by atoms with Gasteiger partial charge in [-0.3, -0.25) is 0 Å². The first kappa shape index (κ1) is 9.53. The van der Waals surface area contributed by atoms with Crippen LogP contribution in [0.5, 0.6) is 0 Å². The molecule has 60 valence electrons. The summed E-state index contributed by atoms with van der Waals surface area (Å²) >= 11 is 0. The molecule has 1 unspecified atom stereocenters. The van der Waals surface area contributed by atoms with Gasteiger partial charge in [0.25, 0.3) is 0 Å². The maximum atomic E-state index is 11.6. The van der Waals surface area contributed by atoms with Gasteiger partial charge in [0.15, 0.2) is 0 Å². The summed E-state index contributed by atoms with van der Waals surface area (Å²) in [5, 5.41) is 0. The second-order valence-electron chi connectivity index (χ2n) is 2.45. The third-order valence-electron chi connectivity index (χ3n) is 1.15. The molecule has 0 bridgehead atoms. The fourth-order valence-corrected chi connectivity index (χ4v) is 0.763. The molecule has 3 heteroatoms. The fourth-order valence-electron chi connectivity index (χ4n) is 0.763. The zero-order valence-electron chi connectivity index (χ0n) is 5.91. The molecule has 0 aromatic carbocycles. The van der Waals surface area contributed by atoms with Crippen LogP contribution in [0.25, 0.3) is 0 Å². The zero-order valence-corrected chi connectivity index (χ0v) is 5.91. The predicted molar refractivity (Wildman–Crippen MR) is 34.6 cm³/mol. The van der Waals surface area contributed by atoms with Crippen LogP contribution in [0.15, 0.2) is 12.7 Å². The van der Waals surface area contributed by atoms with Gasteiger partial charge in [0.2, 0.25) is 0 Å². The van der Waals surface area contributed by atoms with E-state index < -0.39 is 12.6 Å². The average molecular weight is 152 g/mol. The van der Waals surface area contributed by atoms with E-state index in [9.17, 15) is 13.2 Å². The number of allylic oxidation sites excluding steroid dienone is 1. The number of hydrogen-bond acceptors (Lipinski definition) is 0. The minimum atomic E-state index is -4.03. The third kappa shape index (κ3) is 5.66. The molecule has 0 amide bonds. The summed E-state index contributed by atoms with van der Waals surface area (Å²) in [5.74, 6) is -0.336. The monoisotopic (exact) mass is 152 g/mol. The number of hydrogen-bond donors (Lipinski definition) is 0. The lowest BCUT2D eigenvalue weighted by atomic mass is 10.0. The van der Waals surface area contributed by atoms with E-state index in [2.05, 4.69) is 6.58 Å². The van der Waals surface area contributed by atoms with Crippen molar-refractivity contribution < 1.29 is 13.2 Å². The van der Waals surface area contributed by atoms with Gasteiger partial charge in [-0.1, -0.05) is 13.0 Å². The van der Waals surface area contributed by atoms with Crippen LogP contribution in [-0.4, -0.2) is 6.18 Å². The van der Waals surface area contributed by atoms with Crippen LogP contribution in [0, 0.1) is 5.92 Å². The van der Waals surface area contributed by atoms with Crippen LogP contribution in [0.2, 0.25) is 0 Å². The van der Waals surface area contributed by atoms with Crippen molar-refractivity contribution in [2.75, 3.05) is 0 Å². The molecule has 0 heterocycles. The summed E-state index contributed by atoms with van der Waals surface area (Å²) < 4.78 is 34.8. The molecule has 0 saturated carbocycles. The summed E-state index contributed by atoms with van der Waals surface area (Å²) in [5.41, 5.74) is 0. The minimum Gasteiger partial charge on any atom is -0.171 e. The van der Waals surface area contributed by atoms with E-state index in [1.54, 1.807) is 6.92 Å². The van der Waals surface area contributed by atoms with Crippen molar-refractivity contribution in [3.63, 3.8) is 0 Å². The molecular formula is C7H11F3. The van der Waals surface area contributed by atoms with E-state index >= 15 is 0 Å². The smallest absolute Gasteiger partial charge is 0.171 e. The largest absolute Gasteiger partial charge is 0.389 e. The Bertz CT molecular complexity index is 104. The highest BCUT2D eigenvalue weighted by Crippen LogP contribution is 2.25. The number of alkyl halides is 3. The Morgan fingerprint density at radius 3 is 2.30 bits per heavy atom. The quantitative estimate of drug-likeness (QED) is 0.545. The normalized spacial score (nSPS) is 14.8. The Hall–Kier alpha value is -0.470. The molecule has 0 spiro atoms. The average Bonchev–Trinajstić information content (AvgIpc) is 1.59. The number of rotatable bonds is 3. The minimum absolute atomic E-state index is 0.336. The van der Waals surface area contributed by atoms with Crippen LogP contribution in [-0.2, 0) is 0 Å². The highest BCUT2D eigenvalue weighted by Gasteiger charge is 2.29. The Kier molecular flexibility index (Phi) is 3.47. The lowest BCUT2D eigenvalue weighted by molar-refractivity contribution is -0.142. The molecule has 0 saturated heterocycles. The van der Waals surface area contributed by atoms with E-state index in [4.69, 9.17) is 0 Å². The molecule has 1 atom stereocenters. The van der Waals surface area contributed by atoms with Crippen molar-refractivity contribution in [1.82, 2.24) is 0 Å². The summed E-state index contributed by atoms with van der Waals surface area (Å²) in [6.45, 7) is 4.93. The van der Waals surface area contributed by atoms with Crippen molar-refractivity contribution in [3.05, 3.63) is 12.7 Å². The van der Waals surface area contributed by atoms with E-state index in [0.29, 0.717) is 6.42 Å². The standard InChI is InChI=1S/C7H11F3/c1-3-4-6(2)5-7(8,9)10/h3,6H,1,4-5H2,2H3. The van der Waals surface area contributed by atoms with Crippen LogP contribution < -0.4 is 0 Å². The van der Waals surface area contributed by atoms with Gasteiger partial charge in [0, 0.05) is 6.42 Å². The highest BCUT2D eigenvalue weighted by molar-refractivity contribution is 4.72. The van der Waals surface area contributed by atoms with Gasteiger partial charge in [-0.05, 0) is 12.3 Å². The Balaban J connectivity index is 3.56. The second kappa shape index (κ2) is 3.64. The van der Waals surface area contributed by atoms with Gasteiger partial charge in [-0.2, -0.15) is 13.2 Å². The van der Waals surface area contributed by atoms with Gasteiger partial charge in [-0.15, -0.1) is 6.58 Å². The van der Waals surface area contributed by atoms with Crippen LogP contribution >= 0.6 is 0 Å². The molecule has 0 aromatic heterocycles. The van der Waals surface area contributed by atoms with Crippen LogP contribution in [0.1, 0.15) is 19.8 Å². The summed E-state index contributed by atoms with van der Waals surface area (Å²) in [6, 6.07) is 0. The lowest BCUT2D eigenvalue weighted by Crippen LogP contribution is -2.12. The molecule has 0 rings (SSSR count). The zero-order chi connectivity index (χ0) is 8.20. The molecule has 0 radical (unpaired) electrons. The summed E-state index contributed by atoms with van der Waals surface area (Å²) in [7, 11) is 0. The van der Waals surface area contributed by atoms with E-state index in [1.807, 2.05) is 0 Å². The van der Waals surface area contributed by atoms with E-state index in [0.717, 1.165) is 0 Å². The molecule has 0 N–H and O–H groups in total. The first-order valence-corrected chi connectivity index (χ1v) is 3.13. The highest BCUT2D eigenvalue weighted by atomic mass is 19.4. The fraction of sp³-hybridized carbons (Fsp3) is 0.714. The Labute approximate surface area is 58.7 Å². The topological polar surface area (TPSA) is 0 Å². The van der Waals surface area contributed by atoms with Gasteiger partial charge in [0.05, 0.1) is 0 Å². The molecule has 0 aliphatic carbocycles. The maximum absolute atomic E-state index is 11.6. The van der Waals surface area contributed by atoms with Crippen molar-refractivity contribution in [2.45, 2.75) is 25.9 Å². The van der Waals surface area contributed by atoms with Gasteiger partial charge < -0.3 is 0 Å². The van der Waals surface area contributed by atoms with Crippen molar-refractivity contribution >= 4 is 0 Å². The van der Waals surface area contributed by atoms with Crippen molar-refractivity contribution in [3.8, 4) is 0 Å². The van der Waals surface area contributed by atoms with Gasteiger partial charge in [0.1, 0.15) is 0 Å². The second-order valence-corrected chi connectivity index (χ2v) is 2.45. The molecule has 0 aliphatic heterocycles. The summed E-state index contributed by atoms with van der Waals surface area (Å²) in [4.78, 5) is 0. The molecule has 0 nitrogen and oxygen atoms in total. The third-order valence-corrected chi connectivity index (χ3v) is 1.15. The number of halogens is 3. The van der Waals surface area contributed by atoms with Crippen molar-refractivity contribution in [1.29, 1.82) is 0 Å². The van der Waals surface area contributed by atoms with Gasteiger partial charge in [-0.25, -0.2) is 0 Å². The molecule has 10 heavy (non-hydrogen) atoms. The molecule has 0 aliphatic rings. The molecule has 0 fully saturated rings. The predicted octanol–water partition coefficient (Wildman–Crippen LogP) is 3.15. The first-order chi connectivity index (χ1) is 4.45. The van der Waals surface area contributed by atoms with Gasteiger partial charge >= 0.3 is 6.18 Å². The van der Waals surface area contributed by atoms with Crippen molar-refractivity contribution in [2.24, 2.45) is 5.92 Å². The van der Waals surface area contributed by atoms with E-state index in [-0.39, 0.29) is 5.92 Å². The molecule has 0 aromatic rings. The van der Waals surface area contributed by atoms with Crippen LogP contribution in [0.4, 0.5) is 13.2 Å². The summed E-state index contributed by atoms with van der Waals surface area (Å²) in [6.07, 6.45) is -2.79. The Morgan fingerprint density at radius 1 is 1.50 bits per heavy atom. The lowest BCUT2D eigenvalue weighted by Gasteiger charge is -2.10. The Morgan fingerprint density at radius 2 is 2.00 bits per heavy atom. The molecular weight excluding hydrogens is 141 g/mol. The first-order valence-electron chi connectivity index (χ1n) is 3.13. The SMILES string of the molecule is C=CCC(C)CC(F)(F)F.